The highest BCUT2D eigenvalue weighted by Crippen LogP contribution is 2.41. The summed E-state index contributed by atoms with van der Waals surface area (Å²) in [6.07, 6.45) is -3.99. The molecule has 1 aliphatic rings. The van der Waals surface area contributed by atoms with Crippen LogP contribution < -0.4 is 0 Å². The maximum Gasteiger partial charge on any atom is 0.391 e. The van der Waals surface area contributed by atoms with Gasteiger partial charge in [-0.1, -0.05) is 0 Å². The fourth-order valence-electron chi connectivity index (χ4n) is 1.56. The Morgan fingerprint density at radius 2 is 1.92 bits per heavy atom. The molecule has 0 spiro atoms. The molecule has 0 aliphatic heterocycles. The standard InChI is InChI=1S/C8H9ClF3N/c9-7-3-6(8(10,11)12)2-1-5(7)4-13/h5-7H,1-3H2/t5-,6+,7-/m0/s1. The predicted molar refractivity (Wildman–Crippen MR) is 42.1 cm³/mol. The SMILES string of the molecule is N#C[C@@H]1CC[C@@H](C(F)(F)F)C[C@@H]1Cl. The van der Waals surface area contributed by atoms with E-state index in [-0.39, 0.29) is 19.3 Å². The monoisotopic (exact) mass is 211 g/mol. The molecular weight excluding hydrogens is 203 g/mol. The van der Waals surface area contributed by atoms with Crippen LogP contribution in [-0.4, -0.2) is 11.6 Å². The molecule has 1 aliphatic carbocycles. The van der Waals surface area contributed by atoms with Gasteiger partial charge in [0.05, 0.1) is 17.9 Å². The Morgan fingerprint density at radius 3 is 2.31 bits per heavy atom. The molecule has 0 amide bonds. The van der Waals surface area contributed by atoms with E-state index in [0.717, 1.165) is 0 Å². The lowest BCUT2D eigenvalue weighted by Crippen LogP contribution is -2.33. The van der Waals surface area contributed by atoms with Crippen molar-refractivity contribution in [2.24, 2.45) is 11.8 Å². The average Bonchev–Trinajstić information content (AvgIpc) is 2.02. The van der Waals surface area contributed by atoms with Crippen LogP contribution in [0.1, 0.15) is 19.3 Å². The molecule has 0 unspecified atom stereocenters. The average molecular weight is 212 g/mol. The highest BCUT2D eigenvalue weighted by molar-refractivity contribution is 6.21. The maximum absolute atomic E-state index is 12.2. The molecule has 0 saturated heterocycles. The van der Waals surface area contributed by atoms with Crippen molar-refractivity contribution in [3.05, 3.63) is 0 Å². The lowest BCUT2D eigenvalue weighted by molar-refractivity contribution is -0.182. The number of hydrogen-bond acceptors (Lipinski definition) is 1. The predicted octanol–water partition coefficient (Wildman–Crippen LogP) is 3.10. The molecule has 1 fully saturated rings. The Labute approximate surface area is 79.5 Å². The van der Waals surface area contributed by atoms with Gasteiger partial charge in [0.25, 0.3) is 0 Å². The van der Waals surface area contributed by atoms with E-state index in [9.17, 15) is 13.2 Å². The topological polar surface area (TPSA) is 23.8 Å². The number of alkyl halides is 4. The zero-order valence-corrected chi connectivity index (χ0v) is 7.57. The highest BCUT2D eigenvalue weighted by atomic mass is 35.5. The van der Waals surface area contributed by atoms with E-state index in [0.29, 0.717) is 0 Å². The van der Waals surface area contributed by atoms with Crippen molar-refractivity contribution in [1.29, 1.82) is 5.26 Å². The fraction of sp³-hybridized carbons (Fsp3) is 0.875. The van der Waals surface area contributed by atoms with Gasteiger partial charge in [0, 0.05) is 5.38 Å². The normalized spacial score (nSPS) is 35.5. The number of rotatable bonds is 0. The minimum atomic E-state index is -4.16. The number of hydrogen-bond donors (Lipinski definition) is 0. The minimum absolute atomic E-state index is 0.0327. The molecule has 1 saturated carbocycles. The Kier molecular flexibility index (Phi) is 3.07. The van der Waals surface area contributed by atoms with Gasteiger partial charge in [0.2, 0.25) is 0 Å². The Morgan fingerprint density at radius 1 is 1.31 bits per heavy atom. The molecule has 1 rings (SSSR count). The van der Waals surface area contributed by atoms with Crippen molar-refractivity contribution in [3.63, 3.8) is 0 Å². The molecule has 0 aromatic heterocycles. The maximum atomic E-state index is 12.2. The van der Waals surface area contributed by atoms with Gasteiger partial charge in [-0.05, 0) is 19.3 Å². The van der Waals surface area contributed by atoms with E-state index >= 15 is 0 Å². The summed E-state index contributed by atoms with van der Waals surface area (Å²) in [5.74, 6) is -1.74. The summed E-state index contributed by atoms with van der Waals surface area (Å²) >= 11 is 5.66. The van der Waals surface area contributed by atoms with Gasteiger partial charge < -0.3 is 0 Å². The summed E-state index contributed by atoms with van der Waals surface area (Å²) in [4.78, 5) is 0. The summed E-state index contributed by atoms with van der Waals surface area (Å²) in [6.45, 7) is 0. The van der Waals surface area contributed by atoms with E-state index < -0.39 is 23.4 Å². The zero-order chi connectivity index (χ0) is 10.1. The van der Waals surface area contributed by atoms with Crippen molar-refractivity contribution in [2.75, 3.05) is 0 Å². The Hall–Kier alpha value is -0.430. The van der Waals surface area contributed by atoms with Crippen LogP contribution in [0.2, 0.25) is 0 Å². The van der Waals surface area contributed by atoms with Crippen LogP contribution in [0.4, 0.5) is 13.2 Å². The second-order valence-corrected chi connectivity index (χ2v) is 3.86. The van der Waals surface area contributed by atoms with Crippen molar-refractivity contribution in [1.82, 2.24) is 0 Å². The largest absolute Gasteiger partial charge is 0.391 e. The molecule has 0 bridgehead atoms. The third-order valence-electron chi connectivity index (χ3n) is 2.40. The Bertz CT molecular complexity index is 220. The van der Waals surface area contributed by atoms with Crippen molar-refractivity contribution in [2.45, 2.75) is 30.8 Å². The van der Waals surface area contributed by atoms with Crippen LogP contribution in [0.5, 0.6) is 0 Å². The fourth-order valence-corrected chi connectivity index (χ4v) is 1.96. The van der Waals surface area contributed by atoms with Crippen LogP contribution in [0.15, 0.2) is 0 Å². The second-order valence-electron chi connectivity index (χ2n) is 3.30. The van der Waals surface area contributed by atoms with Crippen LogP contribution in [0.25, 0.3) is 0 Å². The summed E-state index contributed by atoms with van der Waals surface area (Å²) in [5, 5.41) is 7.89. The van der Waals surface area contributed by atoms with Gasteiger partial charge >= 0.3 is 6.18 Å². The second kappa shape index (κ2) is 3.75. The first kappa shape index (κ1) is 10.6. The third kappa shape index (κ3) is 2.50. The Balaban J connectivity index is 2.57. The van der Waals surface area contributed by atoms with Gasteiger partial charge in [0.15, 0.2) is 0 Å². The molecular formula is C8H9ClF3N. The molecule has 3 atom stereocenters. The first-order valence-electron chi connectivity index (χ1n) is 4.05. The summed E-state index contributed by atoms with van der Waals surface area (Å²) in [6, 6.07) is 1.93. The summed E-state index contributed by atoms with van der Waals surface area (Å²) in [5.41, 5.74) is 0. The lowest BCUT2D eigenvalue weighted by atomic mass is 9.82. The molecule has 0 heterocycles. The quantitative estimate of drug-likeness (QED) is 0.565. The van der Waals surface area contributed by atoms with Crippen LogP contribution in [0.3, 0.4) is 0 Å². The van der Waals surface area contributed by atoms with Gasteiger partial charge in [-0.3, -0.25) is 0 Å². The summed E-state index contributed by atoms with van der Waals surface area (Å²) in [7, 11) is 0. The molecule has 0 radical (unpaired) electrons. The molecule has 1 nitrogen and oxygen atoms in total. The van der Waals surface area contributed by atoms with E-state index in [1.807, 2.05) is 6.07 Å². The minimum Gasteiger partial charge on any atom is -0.198 e. The third-order valence-corrected chi connectivity index (χ3v) is 2.88. The van der Waals surface area contributed by atoms with Crippen molar-refractivity contribution >= 4 is 11.6 Å². The smallest absolute Gasteiger partial charge is 0.198 e. The van der Waals surface area contributed by atoms with Crippen LogP contribution in [-0.2, 0) is 0 Å². The van der Waals surface area contributed by atoms with Gasteiger partial charge in [0.1, 0.15) is 0 Å². The summed E-state index contributed by atoms with van der Waals surface area (Å²) < 4.78 is 36.6. The first-order chi connectivity index (χ1) is 5.95. The first-order valence-corrected chi connectivity index (χ1v) is 4.49. The molecule has 5 heteroatoms. The molecule has 13 heavy (non-hydrogen) atoms. The van der Waals surface area contributed by atoms with Crippen molar-refractivity contribution < 1.29 is 13.2 Å². The number of halogens is 4. The molecule has 0 aromatic carbocycles. The highest BCUT2D eigenvalue weighted by Gasteiger charge is 2.44. The van der Waals surface area contributed by atoms with Crippen LogP contribution in [0, 0.1) is 23.2 Å². The molecule has 0 aromatic rings. The van der Waals surface area contributed by atoms with Crippen molar-refractivity contribution in [3.8, 4) is 6.07 Å². The zero-order valence-electron chi connectivity index (χ0n) is 6.81. The van der Waals surface area contributed by atoms with E-state index in [1.165, 1.54) is 0 Å². The lowest BCUT2D eigenvalue weighted by Gasteiger charge is -2.30. The number of nitriles is 1. The van der Waals surface area contributed by atoms with E-state index in [4.69, 9.17) is 16.9 Å². The van der Waals surface area contributed by atoms with Gasteiger partial charge in [-0.15, -0.1) is 11.6 Å². The van der Waals surface area contributed by atoms with Crippen LogP contribution >= 0.6 is 11.6 Å². The van der Waals surface area contributed by atoms with E-state index in [2.05, 4.69) is 0 Å². The molecule has 74 valence electrons. The molecule has 0 N–H and O–H groups in total. The number of nitrogens with zero attached hydrogens (tertiary/aromatic N) is 1. The van der Waals surface area contributed by atoms with E-state index in [1.54, 1.807) is 0 Å². The van der Waals surface area contributed by atoms with Gasteiger partial charge in [-0.2, -0.15) is 18.4 Å². The van der Waals surface area contributed by atoms with Gasteiger partial charge in [-0.25, -0.2) is 0 Å².